The zero-order valence-corrected chi connectivity index (χ0v) is 19.5. The highest BCUT2D eigenvalue weighted by molar-refractivity contribution is 5.57. The fourth-order valence-corrected chi connectivity index (χ4v) is 4.30. The third-order valence-corrected chi connectivity index (χ3v) is 6.09. The number of nitrogens with two attached hydrogens (primary N) is 1. The summed E-state index contributed by atoms with van der Waals surface area (Å²) in [6.07, 6.45) is 0.429. The molecule has 1 aliphatic rings. The second kappa shape index (κ2) is 9.35. The van der Waals surface area contributed by atoms with Crippen LogP contribution < -0.4 is 25.5 Å². The van der Waals surface area contributed by atoms with Crippen LogP contribution in [0.2, 0.25) is 0 Å². The lowest BCUT2D eigenvalue weighted by molar-refractivity contribution is 0.354. The Balaban J connectivity index is 1.82. The van der Waals surface area contributed by atoms with Gasteiger partial charge in [0.25, 0.3) is 5.56 Å². The van der Waals surface area contributed by atoms with Gasteiger partial charge in [-0.05, 0) is 48.7 Å². The molecule has 0 spiro atoms. The van der Waals surface area contributed by atoms with Gasteiger partial charge in [0, 0.05) is 18.3 Å². The van der Waals surface area contributed by atoms with Gasteiger partial charge in [0.05, 0.1) is 25.7 Å². The second-order valence-electron chi connectivity index (χ2n) is 8.13. The average Bonchev–Trinajstić information content (AvgIpc) is 2.84. The molecule has 9 heteroatoms. The van der Waals surface area contributed by atoms with Crippen molar-refractivity contribution < 1.29 is 24.4 Å². The Morgan fingerprint density at radius 2 is 1.83 bits per heavy atom. The summed E-state index contributed by atoms with van der Waals surface area (Å²) in [5.41, 5.74) is 8.21. The van der Waals surface area contributed by atoms with Crippen LogP contribution in [0.15, 0.2) is 58.7 Å². The maximum atomic E-state index is 13.8. The van der Waals surface area contributed by atoms with Crippen molar-refractivity contribution in [3.8, 4) is 34.8 Å². The summed E-state index contributed by atoms with van der Waals surface area (Å²) in [5.74, 6) is 0.00201. The van der Waals surface area contributed by atoms with E-state index in [9.17, 15) is 20.3 Å². The van der Waals surface area contributed by atoms with Gasteiger partial charge >= 0.3 is 0 Å². The highest BCUT2D eigenvalue weighted by Gasteiger charge is 2.34. The minimum Gasteiger partial charge on any atom is -0.504 e. The highest BCUT2D eigenvalue weighted by Crippen LogP contribution is 2.42. The molecule has 0 saturated carbocycles. The van der Waals surface area contributed by atoms with Crippen molar-refractivity contribution in [2.24, 2.45) is 5.73 Å². The van der Waals surface area contributed by atoms with Crippen molar-refractivity contribution in [2.45, 2.75) is 25.8 Å². The van der Waals surface area contributed by atoms with Crippen molar-refractivity contribution in [1.82, 2.24) is 4.57 Å². The number of ether oxygens (including phenoxy) is 3. The lowest BCUT2D eigenvalue weighted by Gasteiger charge is -2.27. The number of methoxy groups -OCH3 is 2. The summed E-state index contributed by atoms with van der Waals surface area (Å²) in [6.45, 7) is 2.09. The summed E-state index contributed by atoms with van der Waals surface area (Å²) in [7, 11) is 3.03. The molecule has 2 aromatic carbocycles. The van der Waals surface area contributed by atoms with Gasteiger partial charge < -0.3 is 34.7 Å². The van der Waals surface area contributed by atoms with Gasteiger partial charge in [-0.1, -0.05) is 12.1 Å². The SMILES string of the molecule is COc1ccc([C@H]2C(C#N)=C(N)Oc3cc(C)n(CCc4ccc(O)c(O)c4)c(=O)c32)cc1OC. The zero-order chi connectivity index (χ0) is 25.3. The summed E-state index contributed by atoms with van der Waals surface area (Å²) < 4.78 is 18.0. The summed E-state index contributed by atoms with van der Waals surface area (Å²) in [6, 6.07) is 13.5. The van der Waals surface area contributed by atoms with Crippen LogP contribution in [0.5, 0.6) is 28.7 Å². The Labute approximate surface area is 201 Å². The topological polar surface area (TPSA) is 140 Å². The number of allylic oxidation sites excluding steroid dienone is 1. The molecule has 1 aromatic heterocycles. The number of nitrogens with zero attached hydrogens (tertiary/aromatic N) is 2. The molecular formula is C26H25N3O6. The van der Waals surface area contributed by atoms with Gasteiger partial charge in [0.15, 0.2) is 23.0 Å². The van der Waals surface area contributed by atoms with E-state index < -0.39 is 5.92 Å². The van der Waals surface area contributed by atoms with E-state index in [2.05, 4.69) is 6.07 Å². The molecule has 0 aliphatic carbocycles. The molecule has 4 rings (SSSR count). The van der Waals surface area contributed by atoms with Crippen LogP contribution in [0, 0.1) is 18.3 Å². The fraction of sp³-hybridized carbons (Fsp3) is 0.231. The maximum absolute atomic E-state index is 13.8. The molecule has 4 N–H and O–H groups in total. The third-order valence-electron chi connectivity index (χ3n) is 6.09. The van der Waals surface area contributed by atoms with E-state index in [-0.39, 0.29) is 28.5 Å². The van der Waals surface area contributed by atoms with Crippen molar-refractivity contribution in [3.63, 3.8) is 0 Å². The number of phenols is 2. The second-order valence-corrected chi connectivity index (χ2v) is 8.13. The number of phenolic OH excluding ortho intramolecular Hbond substituents is 2. The van der Waals surface area contributed by atoms with E-state index in [1.165, 1.54) is 26.4 Å². The predicted molar refractivity (Wildman–Crippen MR) is 128 cm³/mol. The van der Waals surface area contributed by atoms with Crippen LogP contribution in [0.3, 0.4) is 0 Å². The van der Waals surface area contributed by atoms with Crippen molar-refractivity contribution in [2.75, 3.05) is 14.2 Å². The molecule has 0 unspecified atom stereocenters. The average molecular weight is 476 g/mol. The van der Waals surface area contributed by atoms with Crippen LogP contribution >= 0.6 is 0 Å². The number of aryl methyl sites for hydroxylation is 2. The largest absolute Gasteiger partial charge is 0.504 e. The first-order chi connectivity index (χ1) is 16.8. The summed E-state index contributed by atoms with van der Waals surface area (Å²) in [5, 5.41) is 29.2. The number of hydrogen-bond acceptors (Lipinski definition) is 8. The third kappa shape index (κ3) is 4.22. The molecule has 0 bridgehead atoms. The van der Waals surface area contributed by atoms with Crippen molar-refractivity contribution >= 4 is 0 Å². The maximum Gasteiger partial charge on any atom is 0.258 e. The minimum absolute atomic E-state index is 0.0593. The lowest BCUT2D eigenvalue weighted by Crippen LogP contribution is -2.33. The van der Waals surface area contributed by atoms with Crippen LogP contribution in [0.4, 0.5) is 0 Å². The number of benzene rings is 2. The molecule has 0 amide bonds. The van der Waals surface area contributed by atoms with Gasteiger partial charge in [0.2, 0.25) is 5.88 Å². The normalized spacial score (nSPS) is 14.6. The summed E-state index contributed by atoms with van der Waals surface area (Å²) in [4.78, 5) is 13.8. The molecule has 1 atom stereocenters. The molecule has 2 heterocycles. The quantitative estimate of drug-likeness (QED) is 0.462. The molecule has 35 heavy (non-hydrogen) atoms. The Kier molecular flexibility index (Phi) is 6.30. The molecule has 0 radical (unpaired) electrons. The van der Waals surface area contributed by atoms with Crippen molar-refractivity contribution in [1.29, 1.82) is 5.26 Å². The van der Waals surface area contributed by atoms with E-state index in [1.807, 2.05) is 0 Å². The zero-order valence-electron chi connectivity index (χ0n) is 19.5. The first-order valence-corrected chi connectivity index (χ1v) is 10.8. The van der Waals surface area contributed by atoms with E-state index in [0.29, 0.717) is 47.0 Å². The lowest BCUT2D eigenvalue weighted by atomic mass is 9.84. The predicted octanol–water partition coefficient (Wildman–Crippen LogP) is 3.05. The smallest absolute Gasteiger partial charge is 0.258 e. The monoisotopic (exact) mass is 475 g/mol. The Morgan fingerprint density at radius 1 is 1.09 bits per heavy atom. The number of rotatable bonds is 6. The molecule has 9 nitrogen and oxygen atoms in total. The number of fused-ring (bicyclic) bond motifs is 1. The molecular weight excluding hydrogens is 450 g/mol. The van der Waals surface area contributed by atoms with Gasteiger partial charge in [-0.25, -0.2) is 0 Å². The van der Waals surface area contributed by atoms with Gasteiger partial charge in [0.1, 0.15) is 17.4 Å². The standard InChI is InChI=1S/C26H25N3O6/c1-14-10-22-24(26(32)29(14)9-8-15-4-6-18(30)19(31)11-15)23(17(13-27)25(28)35-22)16-5-7-20(33-2)21(12-16)34-3/h4-7,10-12,23,30-31H,8-9,28H2,1-3H3/t23-/m0/s1. The van der Waals surface area contributed by atoms with E-state index >= 15 is 0 Å². The van der Waals surface area contributed by atoms with Crippen molar-refractivity contribution in [3.05, 3.63) is 86.7 Å². The number of aromatic hydroxyl groups is 2. The van der Waals surface area contributed by atoms with Crippen LogP contribution in [-0.4, -0.2) is 29.0 Å². The van der Waals surface area contributed by atoms with E-state index in [1.54, 1.807) is 41.8 Å². The van der Waals surface area contributed by atoms with Gasteiger partial charge in [-0.15, -0.1) is 0 Å². The number of pyridine rings is 1. The first-order valence-electron chi connectivity index (χ1n) is 10.8. The van der Waals surface area contributed by atoms with E-state index in [4.69, 9.17) is 19.9 Å². The first kappa shape index (κ1) is 23.6. The Hall–Kier alpha value is -4.58. The van der Waals surface area contributed by atoms with Crippen LogP contribution in [0.1, 0.15) is 28.3 Å². The number of aromatic nitrogens is 1. The molecule has 0 saturated heterocycles. The summed E-state index contributed by atoms with van der Waals surface area (Å²) >= 11 is 0. The Bertz CT molecular complexity index is 1430. The minimum atomic E-state index is -0.763. The fourth-order valence-electron chi connectivity index (χ4n) is 4.30. The van der Waals surface area contributed by atoms with E-state index in [0.717, 1.165) is 5.56 Å². The number of nitriles is 1. The molecule has 1 aliphatic heterocycles. The van der Waals surface area contributed by atoms with Crippen LogP contribution in [-0.2, 0) is 13.0 Å². The van der Waals surface area contributed by atoms with Gasteiger partial charge in [-0.3, -0.25) is 4.79 Å². The Morgan fingerprint density at radius 3 is 2.49 bits per heavy atom. The number of hydrogen-bond donors (Lipinski definition) is 3. The van der Waals surface area contributed by atoms with Gasteiger partial charge in [-0.2, -0.15) is 5.26 Å². The molecule has 180 valence electrons. The highest BCUT2D eigenvalue weighted by atomic mass is 16.5. The van der Waals surface area contributed by atoms with Crippen LogP contribution in [0.25, 0.3) is 0 Å². The molecule has 3 aromatic rings. The molecule has 0 fully saturated rings.